The SMILES string of the molecule is N#Cc1ccc(NC(=O)CCNC2CC2)c(C(F)(F)F)c1. The second kappa shape index (κ2) is 6.14. The number of benzene rings is 1. The lowest BCUT2D eigenvalue weighted by Crippen LogP contribution is -2.24. The molecule has 0 bridgehead atoms. The van der Waals surface area contributed by atoms with E-state index in [1.165, 1.54) is 6.07 Å². The largest absolute Gasteiger partial charge is 0.418 e. The molecule has 1 saturated carbocycles. The van der Waals surface area contributed by atoms with Gasteiger partial charge in [-0.3, -0.25) is 4.79 Å². The predicted octanol–water partition coefficient (Wildman–Crippen LogP) is 2.66. The summed E-state index contributed by atoms with van der Waals surface area (Å²) in [5.74, 6) is -0.488. The molecule has 0 saturated heterocycles. The number of nitrogens with one attached hydrogen (secondary N) is 2. The molecule has 0 heterocycles. The highest BCUT2D eigenvalue weighted by atomic mass is 19.4. The van der Waals surface area contributed by atoms with Crippen molar-refractivity contribution < 1.29 is 18.0 Å². The lowest BCUT2D eigenvalue weighted by molar-refractivity contribution is -0.137. The molecule has 0 radical (unpaired) electrons. The molecule has 2 N–H and O–H groups in total. The monoisotopic (exact) mass is 297 g/mol. The number of amides is 1. The first-order valence-corrected chi connectivity index (χ1v) is 6.54. The van der Waals surface area contributed by atoms with Crippen LogP contribution >= 0.6 is 0 Å². The Bertz CT molecular complexity index is 574. The van der Waals surface area contributed by atoms with Crippen LogP contribution in [-0.4, -0.2) is 18.5 Å². The van der Waals surface area contributed by atoms with Crippen LogP contribution in [0.2, 0.25) is 0 Å². The van der Waals surface area contributed by atoms with Gasteiger partial charge < -0.3 is 10.6 Å². The van der Waals surface area contributed by atoms with Crippen molar-refractivity contribution in [3.63, 3.8) is 0 Å². The zero-order valence-electron chi connectivity index (χ0n) is 11.1. The highest BCUT2D eigenvalue weighted by Crippen LogP contribution is 2.35. The van der Waals surface area contributed by atoms with Crippen LogP contribution in [0.1, 0.15) is 30.4 Å². The molecule has 0 unspecified atom stereocenters. The van der Waals surface area contributed by atoms with Crippen LogP contribution < -0.4 is 10.6 Å². The fraction of sp³-hybridized carbons (Fsp3) is 0.429. The Labute approximate surface area is 119 Å². The van der Waals surface area contributed by atoms with Crippen molar-refractivity contribution in [2.45, 2.75) is 31.5 Å². The minimum Gasteiger partial charge on any atom is -0.325 e. The van der Waals surface area contributed by atoms with E-state index >= 15 is 0 Å². The van der Waals surface area contributed by atoms with Gasteiger partial charge in [0.2, 0.25) is 5.91 Å². The summed E-state index contributed by atoms with van der Waals surface area (Å²) >= 11 is 0. The van der Waals surface area contributed by atoms with E-state index in [1.54, 1.807) is 6.07 Å². The molecule has 1 aliphatic carbocycles. The minimum absolute atomic E-state index is 0.101. The van der Waals surface area contributed by atoms with Crippen molar-refractivity contribution >= 4 is 11.6 Å². The summed E-state index contributed by atoms with van der Waals surface area (Å²) in [6.45, 7) is 0.439. The van der Waals surface area contributed by atoms with E-state index in [0.29, 0.717) is 12.6 Å². The first-order valence-electron chi connectivity index (χ1n) is 6.54. The first kappa shape index (κ1) is 15.3. The summed E-state index contributed by atoms with van der Waals surface area (Å²) < 4.78 is 38.7. The summed E-state index contributed by atoms with van der Waals surface area (Å²) in [7, 11) is 0. The lowest BCUT2D eigenvalue weighted by atomic mass is 10.1. The molecule has 0 atom stereocenters. The molecule has 0 spiro atoms. The molecule has 1 aliphatic rings. The van der Waals surface area contributed by atoms with Crippen LogP contribution in [0.25, 0.3) is 0 Å². The summed E-state index contributed by atoms with van der Waals surface area (Å²) in [4.78, 5) is 11.7. The smallest absolute Gasteiger partial charge is 0.325 e. The number of alkyl halides is 3. The molecular formula is C14H14F3N3O. The van der Waals surface area contributed by atoms with Crippen LogP contribution in [0.15, 0.2) is 18.2 Å². The van der Waals surface area contributed by atoms with Gasteiger partial charge in [0, 0.05) is 19.0 Å². The Morgan fingerprint density at radius 3 is 2.67 bits per heavy atom. The van der Waals surface area contributed by atoms with Gasteiger partial charge >= 0.3 is 6.18 Å². The molecule has 1 aromatic carbocycles. The summed E-state index contributed by atoms with van der Waals surface area (Å²) in [5, 5.41) is 14.0. The van der Waals surface area contributed by atoms with Gasteiger partial charge in [0.25, 0.3) is 0 Å². The number of nitrogens with zero attached hydrogens (tertiary/aromatic N) is 1. The van der Waals surface area contributed by atoms with Crippen molar-refractivity contribution in [1.29, 1.82) is 5.26 Å². The highest BCUT2D eigenvalue weighted by molar-refractivity contribution is 5.91. The third-order valence-electron chi connectivity index (χ3n) is 3.09. The van der Waals surface area contributed by atoms with E-state index in [4.69, 9.17) is 5.26 Å². The highest BCUT2D eigenvalue weighted by Gasteiger charge is 2.34. The van der Waals surface area contributed by atoms with Crippen LogP contribution in [0.3, 0.4) is 0 Å². The molecule has 21 heavy (non-hydrogen) atoms. The fourth-order valence-electron chi connectivity index (χ4n) is 1.85. The predicted molar refractivity (Wildman–Crippen MR) is 70.4 cm³/mol. The van der Waals surface area contributed by atoms with Crippen LogP contribution in [0.5, 0.6) is 0 Å². The number of carbonyl (C=O) groups is 1. The molecule has 112 valence electrons. The maximum atomic E-state index is 12.9. The quantitative estimate of drug-likeness (QED) is 0.878. The van der Waals surface area contributed by atoms with Crippen molar-refractivity contribution in [3.05, 3.63) is 29.3 Å². The van der Waals surface area contributed by atoms with Gasteiger partial charge in [-0.15, -0.1) is 0 Å². The number of hydrogen-bond donors (Lipinski definition) is 2. The second-order valence-electron chi connectivity index (χ2n) is 4.90. The first-order chi connectivity index (χ1) is 9.90. The standard InChI is InChI=1S/C14H14F3N3O/c15-14(16,17)11-7-9(8-18)1-4-12(11)20-13(21)5-6-19-10-2-3-10/h1,4,7,10,19H,2-3,5-6H2,(H,20,21). The van der Waals surface area contributed by atoms with Crippen molar-refractivity contribution in [2.24, 2.45) is 0 Å². The molecular weight excluding hydrogens is 283 g/mol. The van der Waals surface area contributed by atoms with Gasteiger partial charge in [0.15, 0.2) is 0 Å². The molecule has 0 aliphatic heterocycles. The number of carbonyl (C=O) groups excluding carboxylic acids is 1. The Morgan fingerprint density at radius 2 is 2.10 bits per heavy atom. The van der Waals surface area contributed by atoms with Gasteiger partial charge in [0.05, 0.1) is 22.9 Å². The molecule has 1 amide bonds. The zero-order chi connectivity index (χ0) is 15.5. The van der Waals surface area contributed by atoms with Gasteiger partial charge in [-0.2, -0.15) is 18.4 Å². The Morgan fingerprint density at radius 1 is 1.38 bits per heavy atom. The van der Waals surface area contributed by atoms with E-state index < -0.39 is 17.6 Å². The normalized spacial score (nSPS) is 14.6. The third-order valence-corrected chi connectivity index (χ3v) is 3.09. The summed E-state index contributed by atoms with van der Waals surface area (Å²) in [6.07, 6.45) is -2.36. The van der Waals surface area contributed by atoms with Crippen LogP contribution in [0, 0.1) is 11.3 Å². The van der Waals surface area contributed by atoms with Gasteiger partial charge in [-0.1, -0.05) is 0 Å². The number of hydrogen-bond acceptors (Lipinski definition) is 3. The zero-order valence-corrected chi connectivity index (χ0v) is 11.1. The average Bonchev–Trinajstić information content (AvgIpc) is 3.22. The number of rotatable bonds is 5. The van der Waals surface area contributed by atoms with Gasteiger partial charge in [-0.05, 0) is 31.0 Å². The van der Waals surface area contributed by atoms with E-state index in [-0.39, 0.29) is 17.7 Å². The van der Waals surface area contributed by atoms with Crippen LogP contribution in [0.4, 0.5) is 18.9 Å². The summed E-state index contributed by atoms with van der Waals surface area (Å²) in [6, 6.07) is 5.18. The van der Waals surface area contributed by atoms with E-state index in [1.807, 2.05) is 0 Å². The van der Waals surface area contributed by atoms with E-state index in [2.05, 4.69) is 10.6 Å². The second-order valence-corrected chi connectivity index (χ2v) is 4.90. The van der Waals surface area contributed by atoms with Gasteiger partial charge in [0.1, 0.15) is 0 Å². The van der Waals surface area contributed by atoms with Crippen molar-refractivity contribution in [3.8, 4) is 6.07 Å². The topological polar surface area (TPSA) is 64.9 Å². The molecule has 2 rings (SSSR count). The number of nitriles is 1. The van der Waals surface area contributed by atoms with Crippen molar-refractivity contribution in [1.82, 2.24) is 5.32 Å². The molecule has 1 fully saturated rings. The third kappa shape index (κ3) is 4.46. The molecule has 7 heteroatoms. The van der Waals surface area contributed by atoms with E-state index in [9.17, 15) is 18.0 Å². The molecule has 0 aromatic heterocycles. The lowest BCUT2D eigenvalue weighted by Gasteiger charge is -2.14. The average molecular weight is 297 g/mol. The number of anilines is 1. The minimum atomic E-state index is -4.62. The Balaban J connectivity index is 2.03. The van der Waals surface area contributed by atoms with Crippen molar-refractivity contribution in [2.75, 3.05) is 11.9 Å². The Hall–Kier alpha value is -2.07. The maximum absolute atomic E-state index is 12.9. The molecule has 1 aromatic rings. The fourth-order valence-corrected chi connectivity index (χ4v) is 1.85. The maximum Gasteiger partial charge on any atom is 0.418 e. The number of halogens is 3. The molecule has 4 nitrogen and oxygen atoms in total. The van der Waals surface area contributed by atoms with Gasteiger partial charge in [-0.25, -0.2) is 0 Å². The van der Waals surface area contributed by atoms with Crippen LogP contribution in [-0.2, 0) is 11.0 Å². The summed E-state index contributed by atoms with van der Waals surface area (Å²) in [5.41, 5.74) is -1.43. The van der Waals surface area contributed by atoms with E-state index in [0.717, 1.165) is 25.0 Å². The Kier molecular flexibility index (Phi) is 4.48.